The molecule has 1 atom stereocenters. The fourth-order valence-corrected chi connectivity index (χ4v) is 4.21. The van der Waals surface area contributed by atoms with Crippen LogP contribution in [-0.4, -0.2) is 27.8 Å². The average Bonchev–Trinajstić information content (AvgIpc) is 2.60. The summed E-state index contributed by atoms with van der Waals surface area (Å²) >= 11 is 4.94. The van der Waals surface area contributed by atoms with Gasteiger partial charge in [-0.05, 0) is 44.2 Å². The number of benzene rings is 1. The molecular formula is C20H22BrN3O3S. The van der Waals surface area contributed by atoms with Gasteiger partial charge in [0.15, 0.2) is 5.16 Å². The second kappa shape index (κ2) is 8.53. The summed E-state index contributed by atoms with van der Waals surface area (Å²) in [4.78, 5) is 33.3. The van der Waals surface area contributed by atoms with Gasteiger partial charge in [-0.15, -0.1) is 0 Å². The zero-order valence-corrected chi connectivity index (χ0v) is 18.5. The number of carbonyl (C=O) groups excluding carboxylic acids is 1. The summed E-state index contributed by atoms with van der Waals surface area (Å²) in [5.41, 5.74) is 2.02. The molecule has 0 saturated heterocycles. The maximum Gasteiger partial charge on any atom is 0.337 e. The van der Waals surface area contributed by atoms with Crippen LogP contribution in [0.4, 0.5) is 5.82 Å². The van der Waals surface area contributed by atoms with Gasteiger partial charge in [-0.25, -0.2) is 9.78 Å². The van der Waals surface area contributed by atoms with Crippen LogP contribution in [0, 0.1) is 0 Å². The van der Waals surface area contributed by atoms with Gasteiger partial charge < -0.3 is 15.0 Å². The number of aromatic amines is 1. The number of rotatable bonds is 5. The van der Waals surface area contributed by atoms with Crippen molar-refractivity contribution in [3.8, 4) is 0 Å². The summed E-state index contributed by atoms with van der Waals surface area (Å²) < 4.78 is 6.34. The molecule has 0 amide bonds. The van der Waals surface area contributed by atoms with E-state index in [1.54, 1.807) is 20.8 Å². The summed E-state index contributed by atoms with van der Waals surface area (Å²) in [6.07, 6.45) is -0.267. The number of thioether (sulfide) groups is 1. The van der Waals surface area contributed by atoms with Gasteiger partial charge in [0, 0.05) is 10.2 Å². The SMILES string of the molecule is CCSc1nc2c(c(=O)[nH]1)[C@H](c1cccc(Br)c1)C(C(=O)OC(C)C)=C(C)N2. The van der Waals surface area contributed by atoms with Crippen LogP contribution >= 0.6 is 27.7 Å². The minimum atomic E-state index is -0.572. The van der Waals surface area contributed by atoms with Gasteiger partial charge in [0.2, 0.25) is 0 Å². The maximum absolute atomic E-state index is 13.0. The number of carbonyl (C=O) groups is 1. The van der Waals surface area contributed by atoms with Crippen molar-refractivity contribution in [3.05, 3.63) is 61.5 Å². The van der Waals surface area contributed by atoms with E-state index in [0.717, 1.165) is 15.8 Å². The number of allylic oxidation sites excluding steroid dienone is 1. The number of H-pyrrole nitrogens is 1. The molecule has 8 heteroatoms. The van der Waals surface area contributed by atoms with Crippen LogP contribution < -0.4 is 10.9 Å². The lowest BCUT2D eigenvalue weighted by atomic mass is 9.82. The number of hydrogen-bond acceptors (Lipinski definition) is 6. The average molecular weight is 464 g/mol. The fraction of sp³-hybridized carbons (Fsp3) is 0.350. The molecule has 3 rings (SSSR count). The Morgan fingerprint density at radius 3 is 2.79 bits per heavy atom. The van der Waals surface area contributed by atoms with Crippen LogP contribution in [0.2, 0.25) is 0 Å². The molecular weight excluding hydrogens is 442 g/mol. The van der Waals surface area contributed by atoms with E-state index in [1.165, 1.54) is 11.8 Å². The highest BCUT2D eigenvalue weighted by Gasteiger charge is 2.36. The van der Waals surface area contributed by atoms with Crippen molar-refractivity contribution >= 4 is 39.5 Å². The third-order valence-corrected chi connectivity index (χ3v) is 5.50. The van der Waals surface area contributed by atoms with Crippen molar-refractivity contribution in [3.63, 3.8) is 0 Å². The van der Waals surface area contributed by atoms with Crippen molar-refractivity contribution < 1.29 is 9.53 Å². The van der Waals surface area contributed by atoms with Crippen molar-refractivity contribution in [1.29, 1.82) is 0 Å². The van der Waals surface area contributed by atoms with Gasteiger partial charge >= 0.3 is 5.97 Å². The number of esters is 1. The molecule has 2 aromatic rings. The molecule has 0 spiro atoms. The molecule has 28 heavy (non-hydrogen) atoms. The van der Waals surface area contributed by atoms with E-state index in [0.29, 0.717) is 27.8 Å². The lowest BCUT2D eigenvalue weighted by Gasteiger charge is -2.29. The van der Waals surface area contributed by atoms with Crippen molar-refractivity contribution in [2.75, 3.05) is 11.1 Å². The molecule has 0 aliphatic carbocycles. The third kappa shape index (κ3) is 4.17. The van der Waals surface area contributed by atoms with Gasteiger partial charge in [0.25, 0.3) is 5.56 Å². The molecule has 0 fully saturated rings. The first-order valence-electron chi connectivity index (χ1n) is 9.03. The number of ether oxygens (including phenoxy) is 1. The Morgan fingerprint density at radius 2 is 2.14 bits per heavy atom. The summed E-state index contributed by atoms with van der Waals surface area (Å²) in [6, 6.07) is 7.58. The first-order chi connectivity index (χ1) is 13.3. The molecule has 1 aliphatic heterocycles. The zero-order chi connectivity index (χ0) is 20.4. The molecule has 0 radical (unpaired) electrons. The first kappa shape index (κ1) is 20.7. The molecule has 148 valence electrons. The minimum absolute atomic E-state index is 0.263. The second-order valence-corrected chi connectivity index (χ2v) is 8.84. The smallest absolute Gasteiger partial charge is 0.337 e. The van der Waals surface area contributed by atoms with Gasteiger partial charge in [-0.3, -0.25) is 4.79 Å². The Hall–Kier alpha value is -2.06. The van der Waals surface area contributed by atoms with Crippen LogP contribution in [0.1, 0.15) is 44.7 Å². The number of hydrogen-bond donors (Lipinski definition) is 2. The molecule has 6 nitrogen and oxygen atoms in total. The number of anilines is 1. The van der Waals surface area contributed by atoms with Crippen molar-refractivity contribution in [1.82, 2.24) is 9.97 Å². The third-order valence-electron chi connectivity index (χ3n) is 4.25. The summed E-state index contributed by atoms with van der Waals surface area (Å²) in [5.74, 6) is 0.250. The topological polar surface area (TPSA) is 84.1 Å². The predicted octanol–water partition coefficient (Wildman–Crippen LogP) is 4.43. The molecule has 0 saturated carbocycles. The fourth-order valence-electron chi connectivity index (χ4n) is 3.20. The molecule has 1 aromatic carbocycles. The molecule has 2 heterocycles. The molecule has 1 aromatic heterocycles. The van der Waals surface area contributed by atoms with Crippen LogP contribution in [0.25, 0.3) is 0 Å². The van der Waals surface area contributed by atoms with E-state index in [2.05, 4.69) is 31.2 Å². The molecule has 2 N–H and O–H groups in total. The van der Waals surface area contributed by atoms with Gasteiger partial charge in [0.05, 0.1) is 23.2 Å². The summed E-state index contributed by atoms with van der Waals surface area (Å²) in [5, 5.41) is 3.69. The number of nitrogens with one attached hydrogen (secondary N) is 2. The largest absolute Gasteiger partial charge is 0.460 e. The predicted molar refractivity (Wildman–Crippen MR) is 115 cm³/mol. The quantitative estimate of drug-likeness (QED) is 0.387. The van der Waals surface area contributed by atoms with Crippen molar-refractivity contribution in [2.24, 2.45) is 0 Å². The minimum Gasteiger partial charge on any atom is -0.460 e. The molecule has 0 bridgehead atoms. The Morgan fingerprint density at radius 1 is 1.39 bits per heavy atom. The number of nitrogens with zero attached hydrogens (tertiary/aromatic N) is 1. The lowest BCUT2D eigenvalue weighted by Crippen LogP contribution is -2.31. The van der Waals surface area contributed by atoms with E-state index in [-0.39, 0.29) is 11.7 Å². The first-order valence-corrected chi connectivity index (χ1v) is 10.8. The number of aromatic nitrogens is 2. The summed E-state index contributed by atoms with van der Waals surface area (Å²) in [7, 11) is 0. The Kier molecular flexibility index (Phi) is 6.30. The van der Waals surface area contributed by atoms with E-state index in [4.69, 9.17) is 4.74 Å². The van der Waals surface area contributed by atoms with Crippen LogP contribution in [-0.2, 0) is 9.53 Å². The van der Waals surface area contributed by atoms with E-state index in [1.807, 2.05) is 31.2 Å². The maximum atomic E-state index is 13.0. The highest BCUT2D eigenvalue weighted by Crippen LogP contribution is 2.40. The highest BCUT2D eigenvalue weighted by molar-refractivity contribution is 9.10. The highest BCUT2D eigenvalue weighted by atomic mass is 79.9. The van der Waals surface area contributed by atoms with E-state index >= 15 is 0 Å². The number of fused-ring (bicyclic) bond motifs is 1. The Balaban J connectivity index is 2.23. The summed E-state index contributed by atoms with van der Waals surface area (Å²) in [6.45, 7) is 7.40. The van der Waals surface area contributed by atoms with Crippen LogP contribution in [0.5, 0.6) is 0 Å². The van der Waals surface area contributed by atoms with E-state index in [9.17, 15) is 9.59 Å². The Bertz CT molecular complexity index is 1000. The second-order valence-electron chi connectivity index (χ2n) is 6.67. The van der Waals surface area contributed by atoms with Crippen LogP contribution in [0.15, 0.2) is 50.0 Å². The lowest BCUT2D eigenvalue weighted by molar-refractivity contribution is -0.143. The standard InChI is InChI=1S/C20H22BrN3O3S/c1-5-28-20-23-17-16(18(25)24-20)15(12-7-6-8-13(21)9-12)14(11(4)22-17)19(26)27-10(2)3/h6-10,15H,5H2,1-4H3,(H2,22,23,24,25)/t15-/m1/s1. The van der Waals surface area contributed by atoms with Gasteiger partial charge in [-0.2, -0.15) is 0 Å². The zero-order valence-electron chi connectivity index (χ0n) is 16.1. The van der Waals surface area contributed by atoms with Crippen LogP contribution in [0.3, 0.4) is 0 Å². The molecule has 0 unspecified atom stereocenters. The van der Waals surface area contributed by atoms with E-state index < -0.39 is 11.9 Å². The monoisotopic (exact) mass is 463 g/mol. The van der Waals surface area contributed by atoms with Gasteiger partial charge in [-0.1, -0.05) is 46.7 Å². The molecule has 1 aliphatic rings. The van der Waals surface area contributed by atoms with Gasteiger partial charge in [0.1, 0.15) is 5.82 Å². The van der Waals surface area contributed by atoms with Crippen molar-refractivity contribution in [2.45, 2.75) is 44.9 Å². The number of halogens is 1. The normalized spacial score (nSPS) is 16.0. The Labute approximate surface area is 176 Å².